The fourth-order valence-electron chi connectivity index (χ4n) is 1.80. The van der Waals surface area contributed by atoms with Gasteiger partial charge in [0, 0.05) is 25.9 Å². The highest BCUT2D eigenvalue weighted by Crippen LogP contribution is 2.17. The van der Waals surface area contributed by atoms with Crippen LogP contribution < -0.4 is 10.5 Å². The molecule has 1 rings (SSSR count). The number of hydrogen-bond donors (Lipinski definition) is 2. The first-order valence-electron chi connectivity index (χ1n) is 6.28. The van der Waals surface area contributed by atoms with Gasteiger partial charge in [-0.2, -0.15) is 5.10 Å². The molecule has 8 heteroatoms. The lowest BCUT2D eigenvalue weighted by molar-refractivity contribution is 0.171. The first-order valence-corrected chi connectivity index (χ1v) is 7.77. The third-order valence-corrected chi connectivity index (χ3v) is 4.23. The van der Waals surface area contributed by atoms with Crippen LogP contribution in [0.4, 0.5) is 5.82 Å². The summed E-state index contributed by atoms with van der Waals surface area (Å²) in [5.41, 5.74) is 5.64. The number of methoxy groups -OCH3 is 1. The van der Waals surface area contributed by atoms with Crippen molar-refractivity contribution in [2.75, 3.05) is 19.5 Å². The number of sulfonamides is 1. The van der Waals surface area contributed by atoms with E-state index in [0.29, 0.717) is 19.6 Å². The van der Waals surface area contributed by atoms with Crippen LogP contribution in [0.2, 0.25) is 0 Å². The van der Waals surface area contributed by atoms with Crippen LogP contribution in [-0.2, 0) is 21.3 Å². The van der Waals surface area contributed by atoms with E-state index >= 15 is 0 Å². The normalized spacial score (nSPS) is 13.6. The highest BCUT2D eigenvalue weighted by Gasteiger charge is 2.24. The van der Waals surface area contributed by atoms with Gasteiger partial charge < -0.3 is 10.5 Å². The van der Waals surface area contributed by atoms with Crippen LogP contribution in [0, 0.1) is 0 Å². The number of nitrogen functional groups attached to an aromatic ring is 1. The summed E-state index contributed by atoms with van der Waals surface area (Å²) >= 11 is 0. The van der Waals surface area contributed by atoms with E-state index in [4.69, 9.17) is 10.5 Å². The van der Waals surface area contributed by atoms with Crippen molar-refractivity contribution in [1.29, 1.82) is 0 Å². The molecular formula is C11H22N4O3S. The van der Waals surface area contributed by atoms with Gasteiger partial charge in [0.05, 0.1) is 6.61 Å². The molecule has 0 radical (unpaired) electrons. The second kappa shape index (κ2) is 6.88. The Balaban J connectivity index is 2.92. The molecule has 0 saturated carbocycles. The van der Waals surface area contributed by atoms with Crippen LogP contribution >= 0.6 is 0 Å². The maximum Gasteiger partial charge on any atom is 0.246 e. The standard InChI is InChI=1S/C11H22N4O3S/c1-4-6-9(8-18-3)14-19(16,17)10-7-15(5-2)13-11(10)12/h7,9,14H,4-6,8H2,1-3H3,(H2,12,13). The summed E-state index contributed by atoms with van der Waals surface area (Å²) in [6, 6.07) is -0.260. The number of hydrogen-bond acceptors (Lipinski definition) is 5. The summed E-state index contributed by atoms with van der Waals surface area (Å²) in [5, 5.41) is 3.94. The molecule has 0 aliphatic carbocycles. The largest absolute Gasteiger partial charge is 0.383 e. The Hall–Kier alpha value is -1.12. The zero-order valence-electron chi connectivity index (χ0n) is 11.6. The average molecular weight is 290 g/mol. The minimum atomic E-state index is -3.66. The average Bonchev–Trinajstić information content (AvgIpc) is 2.71. The molecule has 0 bridgehead atoms. The zero-order chi connectivity index (χ0) is 14.5. The van der Waals surface area contributed by atoms with Crippen LogP contribution in [0.3, 0.4) is 0 Å². The van der Waals surface area contributed by atoms with Gasteiger partial charge >= 0.3 is 0 Å². The predicted molar refractivity (Wildman–Crippen MR) is 73.2 cm³/mol. The van der Waals surface area contributed by atoms with E-state index in [0.717, 1.165) is 6.42 Å². The summed E-state index contributed by atoms with van der Waals surface area (Å²) in [6.45, 7) is 4.74. The van der Waals surface area contributed by atoms with Crippen LogP contribution in [-0.4, -0.2) is 38.0 Å². The number of aromatic nitrogens is 2. The number of nitrogens with two attached hydrogens (primary N) is 1. The molecule has 110 valence electrons. The van der Waals surface area contributed by atoms with Gasteiger partial charge in [-0.25, -0.2) is 13.1 Å². The van der Waals surface area contributed by atoms with Gasteiger partial charge in [0.2, 0.25) is 10.0 Å². The molecule has 7 nitrogen and oxygen atoms in total. The molecule has 0 saturated heterocycles. The number of aryl methyl sites for hydroxylation is 1. The van der Waals surface area contributed by atoms with E-state index in [1.807, 2.05) is 13.8 Å². The molecular weight excluding hydrogens is 268 g/mol. The maximum absolute atomic E-state index is 12.2. The molecule has 1 atom stereocenters. The van der Waals surface area contributed by atoms with E-state index in [1.165, 1.54) is 10.9 Å². The second-order valence-electron chi connectivity index (χ2n) is 4.30. The van der Waals surface area contributed by atoms with Crippen molar-refractivity contribution < 1.29 is 13.2 Å². The third-order valence-electron chi connectivity index (χ3n) is 2.70. The highest BCUT2D eigenvalue weighted by atomic mass is 32.2. The molecule has 0 aromatic carbocycles. The van der Waals surface area contributed by atoms with Crippen LogP contribution in [0.5, 0.6) is 0 Å². The summed E-state index contributed by atoms with van der Waals surface area (Å²) < 4.78 is 33.6. The van der Waals surface area contributed by atoms with Crippen molar-refractivity contribution >= 4 is 15.8 Å². The van der Waals surface area contributed by atoms with Crippen LogP contribution in [0.1, 0.15) is 26.7 Å². The quantitative estimate of drug-likeness (QED) is 0.729. The maximum atomic E-state index is 12.2. The monoisotopic (exact) mass is 290 g/mol. The summed E-state index contributed by atoms with van der Waals surface area (Å²) in [4.78, 5) is 0.0200. The van der Waals surface area contributed by atoms with Crippen LogP contribution in [0.15, 0.2) is 11.1 Å². The van der Waals surface area contributed by atoms with Gasteiger partial charge in [0.15, 0.2) is 5.82 Å². The summed E-state index contributed by atoms with van der Waals surface area (Å²) in [6.07, 6.45) is 3.00. The molecule has 0 amide bonds. The smallest absolute Gasteiger partial charge is 0.246 e. The minimum Gasteiger partial charge on any atom is -0.383 e. The van der Waals surface area contributed by atoms with Crippen molar-refractivity contribution in [1.82, 2.24) is 14.5 Å². The summed E-state index contributed by atoms with van der Waals surface area (Å²) in [5.74, 6) is 0.0158. The van der Waals surface area contributed by atoms with Gasteiger partial charge in [-0.3, -0.25) is 4.68 Å². The Bertz CT molecular complexity index is 492. The Labute approximate surface area is 114 Å². The third kappa shape index (κ3) is 4.19. The first kappa shape index (κ1) is 15.9. The van der Waals surface area contributed by atoms with Gasteiger partial charge in [0.25, 0.3) is 0 Å². The van der Waals surface area contributed by atoms with Crippen molar-refractivity contribution in [2.24, 2.45) is 0 Å². The number of nitrogens with zero attached hydrogens (tertiary/aromatic N) is 2. The topological polar surface area (TPSA) is 99.2 Å². The molecule has 3 N–H and O–H groups in total. The molecule has 0 spiro atoms. The number of rotatable bonds is 8. The first-order chi connectivity index (χ1) is 8.94. The van der Waals surface area contributed by atoms with E-state index in [9.17, 15) is 8.42 Å². The van der Waals surface area contributed by atoms with Gasteiger partial charge in [-0.15, -0.1) is 0 Å². The number of nitrogens with one attached hydrogen (secondary N) is 1. The fourth-order valence-corrected chi connectivity index (χ4v) is 3.12. The molecule has 0 fully saturated rings. The highest BCUT2D eigenvalue weighted by molar-refractivity contribution is 7.89. The van der Waals surface area contributed by atoms with Crippen LogP contribution in [0.25, 0.3) is 0 Å². The van der Waals surface area contributed by atoms with Gasteiger partial charge in [-0.05, 0) is 13.3 Å². The second-order valence-corrected chi connectivity index (χ2v) is 5.98. The fraction of sp³-hybridized carbons (Fsp3) is 0.727. The Morgan fingerprint density at radius 3 is 2.68 bits per heavy atom. The van der Waals surface area contributed by atoms with E-state index in [-0.39, 0.29) is 16.8 Å². The lowest BCUT2D eigenvalue weighted by atomic mass is 10.2. The molecule has 1 aromatic rings. The van der Waals surface area contributed by atoms with E-state index in [2.05, 4.69) is 9.82 Å². The zero-order valence-corrected chi connectivity index (χ0v) is 12.4. The summed E-state index contributed by atoms with van der Waals surface area (Å²) in [7, 11) is -2.12. The molecule has 1 aromatic heterocycles. The lowest BCUT2D eigenvalue weighted by Gasteiger charge is -2.16. The van der Waals surface area contributed by atoms with Crippen molar-refractivity contribution in [3.05, 3.63) is 6.20 Å². The van der Waals surface area contributed by atoms with E-state index in [1.54, 1.807) is 7.11 Å². The molecule has 1 unspecified atom stereocenters. The molecule has 1 heterocycles. The van der Waals surface area contributed by atoms with Gasteiger partial charge in [0.1, 0.15) is 4.90 Å². The molecule has 19 heavy (non-hydrogen) atoms. The van der Waals surface area contributed by atoms with Gasteiger partial charge in [-0.1, -0.05) is 13.3 Å². The predicted octanol–water partition coefficient (Wildman–Crippen LogP) is 0.579. The van der Waals surface area contributed by atoms with Crippen molar-refractivity contribution in [3.8, 4) is 0 Å². The minimum absolute atomic E-state index is 0.0158. The Morgan fingerprint density at radius 2 is 2.21 bits per heavy atom. The number of ether oxygens (including phenoxy) is 1. The van der Waals surface area contributed by atoms with Crippen molar-refractivity contribution in [2.45, 2.75) is 44.2 Å². The van der Waals surface area contributed by atoms with E-state index < -0.39 is 10.0 Å². The SMILES string of the molecule is CCCC(COC)NS(=O)(=O)c1cn(CC)nc1N. The Morgan fingerprint density at radius 1 is 1.53 bits per heavy atom. The van der Waals surface area contributed by atoms with Crippen molar-refractivity contribution in [3.63, 3.8) is 0 Å². The number of anilines is 1. The molecule has 0 aliphatic heterocycles. The molecule has 0 aliphatic rings. The Kier molecular flexibility index (Phi) is 5.77. The lowest BCUT2D eigenvalue weighted by Crippen LogP contribution is -2.38.